The minimum atomic E-state index is -1.11. The summed E-state index contributed by atoms with van der Waals surface area (Å²) in [5.41, 5.74) is 9.63. The Labute approximate surface area is 223 Å². The number of aliphatic hydroxyl groups excluding tert-OH is 2. The lowest BCUT2D eigenvalue weighted by atomic mass is 9.87. The van der Waals surface area contributed by atoms with Crippen molar-refractivity contribution in [2.24, 2.45) is 0 Å². The highest BCUT2D eigenvalue weighted by molar-refractivity contribution is 5.90. The molecule has 1 fully saturated rings. The first-order valence-electron chi connectivity index (χ1n) is 13.2. The lowest BCUT2D eigenvalue weighted by Gasteiger charge is -2.22. The number of likely N-dealkylation sites (N-methyl/N-ethyl adjacent to an activating group) is 1. The Morgan fingerprint density at radius 3 is 2.55 bits per heavy atom. The van der Waals surface area contributed by atoms with Crippen LogP contribution in [0.3, 0.4) is 0 Å². The van der Waals surface area contributed by atoms with Crippen LogP contribution in [-0.2, 0) is 14.9 Å². The Morgan fingerprint density at radius 2 is 1.84 bits per heavy atom. The average Bonchev–Trinajstić information content (AvgIpc) is 3.41. The molecule has 5 N–H and O–H groups in total. The fourth-order valence-corrected chi connectivity index (χ4v) is 4.77. The fourth-order valence-electron chi connectivity index (χ4n) is 4.77. The lowest BCUT2D eigenvalue weighted by Crippen LogP contribution is -2.38. The van der Waals surface area contributed by atoms with E-state index in [1.54, 1.807) is 16.8 Å². The van der Waals surface area contributed by atoms with Crippen molar-refractivity contribution in [3.63, 3.8) is 0 Å². The predicted molar refractivity (Wildman–Crippen MR) is 148 cm³/mol. The number of hydrogen-bond acceptors (Lipinski definition) is 8. The zero-order chi connectivity index (χ0) is 27.4. The van der Waals surface area contributed by atoms with Gasteiger partial charge in [-0.25, -0.2) is 9.97 Å². The molecule has 0 aliphatic carbocycles. The number of hydrogen-bond donors (Lipinski definition) is 4. The van der Waals surface area contributed by atoms with E-state index in [0.29, 0.717) is 29.8 Å². The molecule has 0 radical (unpaired) electrons. The quantitative estimate of drug-likeness (QED) is 0.297. The molecule has 0 unspecified atom stereocenters. The molecule has 0 bridgehead atoms. The van der Waals surface area contributed by atoms with E-state index >= 15 is 0 Å². The average molecular weight is 525 g/mol. The summed E-state index contributed by atoms with van der Waals surface area (Å²) in [7, 11) is 1.96. The molecule has 3 aromatic rings. The maximum absolute atomic E-state index is 12.3. The second kappa shape index (κ2) is 11.8. The van der Waals surface area contributed by atoms with Gasteiger partial charge in [-0.1, -0.05) is 39.3 Å². The van der Waals surface area contributed by atoms with Crippen molar-refractivity contribution in [3.05, 3.63) is 48.4 Å². The number of carbonyl (C=O) groups is 1. The van der Waals surface area contributed by atoms with Gasteiger partial charge >= 0.3 is 0 Å². The number of amides is 1. The summed E-state index contributed by atoms with van der Waals surface area (Å²) in [4.78, 5) is 23.0. The number of anilines is 2. The number of aromatic nitrogens is 3. The molecule has 0 saturated carbocycles. The Balaban J connectivity index is 1.17. The van der Waals surface area contributed by atoms with E-state index in [2.05, 4.69) is 53.1 Å². The van der Waals surface area contributed by atoms with Gasteiger partial charge in [0.2, 0.25) is 5.91 Å². The summed E-state index contributed by atoms with van der Waals surface area (Å²) in [5.74, 6) is 0.0210. The molecule has 4 rings (SSSR count). The standard InChI is InChI=1S/C28H40N6O4/c1-28(2,3)18-9-11-19(12-10-18)32-22(35)8-6-5-7-15-33(4)16-21-24(36)25(37)27(38-21)34-17-31-23-20(29)13-14-30-26(23)34/h9-14,17,21,24-25,27,36-37H,5-8,15-16H2,1-4H3,(H2,29,30)(H,32,35)/t21-,24-,25-,27-/m1/s1. The van der Waals surface area contributed by atoms with Crippen LogP contribution in [0.4, 0.5) is 11.4 Å². The van der Waals surface area contributed by atoms with Crippen molar-refractivity contribution < 1.29 is 19.7 Å². The van der Waals surface area contributed by atoms with E-state index < -0.39 is 24.5 Å². The fraction of sp³-hybridized carbons (Fsp3) is 0.536. The van der Waals surface area contributed by atoms with Gasteiger partial charge in [0.25, 0.3) is 0 Å². The van der Waals surface area contributed by atoms with Crippen LogP contribution in [0, 0.1) is 0 Å². The first-order chi connectivity index (χ1) is 18.0. The third-order valence-corrected chi connectivity index (χ3v) is 7.07. The number of fused-ring (bicyclic) bond motifs is 1. The van der Waals surface area contributed by atoms with Crippen LogP contribution < -0.4 is 11.1 Å². The van der Waals surface area contributed by atoms with Gasteiger partial charge in [-0.05, 0) is 55.6 Å². The number of imidazole rings is 1. The van der Waals surface area contributed by atoms with Crippen LogP contribution in [0.25, 0.3) is 11.2 Å². The molecule has 1 aliphatic heterocycles. The number of nitrogens with zero attached hydrogens (tertiary/aromatic N) is 4. The topological polar surface area (TPSA) is 139 Å². The third-order valence-electron chi connectivity index (χ3n) is 7.07. The van der Waals surface area contributed by atoms with E-state index in [-0.39, 0.29) is 11.3 Å². The van der Waals surface area contributed by atoms with Crippen molar-refractivity contribution in [1.29, 1.82) is 0 Å². The molecule has 1 amide bonds. The number of ether oxygens (including phenoxy) is 1. The first-order valence-corrected chi connectivity index (χ1v) is 13.2. The van der Waals surface area contributed by atoms with E-state index in [4.69, 9.17) is 10.5 Å². The van der Waals surface area contributed by atoms with E-state index in [9.17, 15) is 15.0 Å². The molecule has 3 heterocycles. The van der Waals surface area contributed by atoms with Gasteiger partial charge in [0.1, 0.15) is 23.8 Å². The zero-order valence-electron chi connectivity index (χ0n) is 22.7. The van der Waals surface area contributed by atoms with Crippen LogP contribution in [0.15, 0.2) is 42.9 Å². The molecule has 10 heteroatoms. The van der Waals surface area contributed by atoms with Crippen molar-refractivity contribution in [1.82, 2.24) is 19.4 Å². The van der Waals surface area contributed by atoms with Crippen LogP contribution in [-0.4, -0.2) is 74.0 Å². The van der Waals surface area contributed by atoms with Gasteiger partial charge in [-0.2, -0.15) is 0 Å². The van der Waals surface area contributed by atoms with E-state index in [1.807, 2.05) is 19.2 Å². The van der Waals surface area contributed by atoms with Gasteiger partial charge in [-0.15, -0.1) is 0 Å². The maximum Gasteiger partial charge on any atom is 0.224 e. The van der Waals surface area contributed by atoms with Gasteiger partial charge in [0.05, 0.1) is 12.0 Å². The van der Waals surface area contributed by atoms with E-state index in [1.165, 1.54) is 11.9 Å². The van der Waals surface area contributed by atoms with E-state index in [0.717, 1.165) is 31.5 Å². The first kappa shape index (κ1) is 28.0. The third kappa shape index (κ3) is 6.50. The number of carbonyl (C=O) groups excluding carboxylic acids is 1. The molecular weight excluding hydrogens is 484 g/mol. The normalized spacial score (nSPS) is 21.9. The maximum atomic E-state index is 12.3. The second-order valence-electron chi connectivity index (χ2n) is 11.2. The number of rotatable bonds is 10. The van der Waals surface area contributed by atoms with Crippen LogP contribution in [0.1, 0.15) is 58.2 Å². The monoisotopic (exact) mass is 524 g/mol. The number of nitrogens with two attached hydrogens (primary N) is 1. The molecule has 1 aromatic carbocycles. The van der Waals surface area contributed by atoms with Crippen molar-refractivity contribution in [2.45, 2.75) is 76.4 Å². The SMILES string of the molecule is CN(CCCCCC(=O)Nc1ccc(C(C)(C)C)cc1)C[C@H]1O[C@@H](n2cnc3c(N)ccnc32)[C@H](O)[C@@H]1O. The van der Waals surface area contributed by atoms with Gasteiger partial charge in [0, 0.05) is 24.8 Å². The molecular formula is C28H40N6O4. The molecule has 1 saturated heterocycles. The number of nitrogens with one attached hydrogen (secondary N) is 1. The summed E-state index contributed by atoms with van der Waals surface area (Å²) >= 11 is 0. The smallest absolute Gasteiger partial charge is 0.224 e. The number of nitrogen functional groups attached to an aromatic ring is 1. The van der Waals surface area contributed by atoms with Crippen LogP contribution >= 0.6 is 0 Å². The largest absolute Gasteiger partial charge is 0.397 e. The van der Waals surface area contributed by atoms with Crippen LogP contribution in [0.2, 0.25) is 0 Å². The molecule has 1 aliphatic rings. The number of unbranched alkanes of at least 4 members (excludes halogenated alkanes) is 2. The summed E-state index contributed by atoms with van der Waals surface area (Å²) in [6.07, 6.45) is 2.68. The summed E-state index contributed by atoms with van der Waals surface area (Å²) in [6.45, 7) is 7.74. The molecule has 38 heavy (non-hydrogen) atoms. The Kier molecular flexibility index (Phi) is 8.67. The van der Waals surface area contributed by atoms with Crippen LogP contribution in [0.5, 0.6) is 0 Å². The summed E-state index contributed by atoms with van der Waals surface area (Å²) in [5, 5.41) is 24.3. The molecule has 2 aromatic heterocycles. The lowest BCUT2D eigenvalue weighted by molar-refractivity contribution is -0.116. The van der Waals surface area contributed by atoms with Crippen molar-refractivity contribution >= 4 is 28.4 Å². The number of pyridine rings is 1. The highest BCUT2D eigenvalue weighted by Crippen LogP contribution is 2.32. The van der Waals surface area contributed by atoms with Crippen molar-refractivity contribution in [2.75, 3.05) is 31.2 Å². The molecule has 10 nitrogen and oxygen atoms in total. The Bertz CT molecular complexity index is 1220. The number of aliphatic hydroxyl groups is 2. The predicted octanol–water partition coefficient (Wildman–Crippen LogP) is 3.06. The van der Waals surface area contributed by atoms with Crippen molar-refractivity contribution in [3.8, 4) is 0 Å². The van der Waals surface area contributed by atoms with Gasteiger partial charge < -0.3 is 30.9 Å². The Hall–Kier alpha value is -3.05. The summed E-state index contributed by atoms with van der Waals surface area (Å²) < 4.78 is 7.65. The summed E-state index contributed by atoms with van der Waals surface area (Å²) in [6, 6.07) is 9.69. The highest BCUT2D eigenvalue weighted by atomic mass is 16.6. The Morgan fingerprint density at radius 1 is 1.11 bits per heavy atom. The molecule has 206 valence electrons. The van der Waals surface area contributed by atoms with Gasteiger partial charge in [-0.3, -0.25) is 9.36 Å². The minimum absolute atomic E-state index is 0.0210. The number of benzene rings is 1. The minimum Gasteiger partial charge on any atom is -0.397 e. The van der Waals surface area contributed by atoms with Gasteiger partial charge in [0.15, 0.2) is 11.9 Å². The zero-order valence-corrected chi connectivity index (χ0v) is 22.7. The molecule has 4 atom stereocenters. The second-order valence-corrected chi connectivity index (χ2v) is 11.2. The highest BCUT2D eigenvalue weighted by Gasteiger charge is 2.44. The molecule has 0 spiro atoms.